The third kappa shape index (κ3) is 3.42. The summed E-state index contributed by atoms with van der Waals surface area (Å²) >= 11 is 11.9. The standard InChI is InChI=1S/C19H18Cl2FN3O3S/c20-12-7-15(22)17(24-8-12)19(10-23-11-19)18(26)25-6-5-13(9-25)29(27,28)16-4-2-1-3-14(16)21/h1-4,7-8,13,23H,5-6,9-11H2. The summed E-state index contributed by atoms with van der Waals surface area (Å²) in [4.78, 5) is 18.9. The van der Waals surface area contributed by atoms with Gasteiger partial charge in [-0.3, -0.25) is 9.78 Å². The van der Waals surface area contributed by atoms with E-state index in [-0.39, 0.29) is 52.7 Å². The van der Waals surface area contributed by atoms with Crippen LogP contribution in [0.2, 0.25) is 10.0 Å². The molecule has 2 saturated heterocycles. The molecule has 1 aromatic carbocycles. The first kappa shape index (κ1) is 20.5. The third-order valence-corrected chi connectivity index (χ3v) is 8.42. The van der Waals surface area contributed by atoms with Crippen LogP contribution >= 0.6 is 23.2 Å². The number of nitrogens with one attached hydrogen (secondary N) is 1. The maximum absolute atomic E-state index is 14.5. The summed E-state index contributed by atoms with van der Waals surface area (Å²) in [5.41, 5.74) is -1.12. The van der Waals surface area contributed by atoms with E-state index < -0.39 is 26.3 Å². The number of carbonyl (C=O) groups is 1. The molecule has 1 N–H and O–H groups in total. The fraction of sp³-hybridized carbons (Fsp3) is 0.368. The van der Waals surface area contributed by atoms with Gasteiger partial charge in [0.05, 0.1) is 25.9 Å². The Hall–Kier alpha value is -1.74. The van der Waals surface area contributed by atoms with Gasteiger partial charge in [0.15, 0.2) is 9.84 Å². The molecule has 1 amide bonds. The van der Waals surface area contributed by atoms with Crippen molar-refractivity contribution in [3.8, 4) is 0 Å². The number of amides is 1. The molecule has 4 rings (SSSR count). The highest BCUT2D eigenvalue weighted by Gasteiger charge is 2.52. The Morgan fingerprint density at radius 1 is 1.28 bits per heavy atom. The van der Waals surface area contributed by atoms with Gasteiger partial charge >= 0.3 is 0 Å². The van der Waals surface area contributed by atoms with Crippen molar-refractivity contribution in [2.24, 2.45) is 0 Å². The SMILES string of the molecule is O=C(N1CCC(S(=O)(=O)c2ccccc2Cl)C1)C1(c2ncc(Cl)cc2F)CNC1. The zero-order chi connectivity index (χ0) is 20.8. The van der Waals surface area contributed by atoms with E-state index in [1.807, 2.05) is 0 Å². The summed E-state index contributed by atoms with van der Waals surface area (Å²) in [7, 11) is -3.70. The fourth-order valence-corrected chi connectivity index (χ4v) is 6.25. The number of pyridine rings is 1. The smallest absolute Gasteiger partial charge is 0.237 e. The number of hydrogen-bond donors (Lipinski definition) is 1. The number of aromatic nitrogens is 1. The van der Waals surface area contributed by atoms with Crippen LogP contribution in [0, 0.1) is 5.82 Å². The Labute approximate surface area is 177 Å². The Kier molecular flexibility index (Phi) is 5.31. The van der Waals surface area contributed by atoms with Gasteiger partial charge in [0.25, 0.3) is 0 Å². The predicted octanol–water partition coefficient (Wildman–Crippen LogP) is 2.44. The van der Waals surface area contributed by atoms with Crippen molar-refractivity contribution in [1.82, 2.24) is 15.2 Å². The lowest BCUT2D eigenvalue weighted by Crippen LogP contribution is -2.65. The summed E-state index contributed by atoms with van der Waals surface area (Å²) in [6, 6.07) is 7.39. The van der Waals surface area contributed by atoms with Crippen molar-refractivity contribution in [1.29, 1.82) is 0 Å². The van der Waals surface area contributed by atoms with Crippen LogP contribution < -0.4 is 5.32 Å². The number of likely N-dealkylation sites (tertiary alicyclic amines) is 1. The first-order chi connectivity index (χ1) is 13.8. The van der Waals surface area contributed by atoms with Gasteiger partial charge in [0, 0.05) is 32.4 Å². The van der Waals surface area contributed by atoms with Crippen LogP contribution in [0.3, 0.4) is 0 Å². The van der Waals surface area contributed by atoms with Crippen LogP contribution in [0.4, 0.5) is 4.39 Å². The van der Waals surface area contributed by atoms with Crippen molar-refractivity contribution in [2.45, 2.75) is 22.0 Å². The van der Waals surface area contributed by atoms with Crippen LogP contribution in [0.5, 0.6) is 0 Å². The molecular formula is C19H18Cl2FN3O3S. The van der Waals surface area contributed by atoms with Crippen molar-refractivity contribution in [2.75, 3.05) is 26.2 Å². The zero-order valence-corrected chi connectivity index (χ0v) is 17.6. The molecule has 3 heterocycles. The Morgan fingerprint density at radius 2 is 2.00 bits per heavy atom. The summed E-state index contributed by atoms with van der Waals surface area (Å²) in [6.45, 7) is 0.763. The second-order valence-corrected chi connectivity index (χ2v) is 10.3. The minimum atomic E-state index is -3.70. The van der Waals surface area contributed by atoms with Crippen LogP contribution in [0.15, 0.2) is 41.4 Å². The summed E-state index contributed by atoms with van der Waals surface area (Å²) in [5, 5.41) is 2.54. The van der Waals surface area contributed by atoms with Crippen molar-refractivity contribution >= 4 is 38.9 Å². The quantitative estimate of drug-likeness (QED) is 0.762. The number of sulfone groups is 1. The van der Waals surface area contributed by atoms with E-state index in [4.69, 9.17) is 23.2 Å². The van der Waals surface area contributed by atoms with Gasteiger partial charge in [0.1, 0.15) is 11.2 Å². The molecule has 2 aromatic rings. The lowest BCUT2D eigenvalue weighted by Gasteiger charge is -2.42. The highest BCUT2D eigenvalue weighted by molar-refractivity contribution is 7.92. The van der Waals surface area contributed by atoms with Gasteiger partial charge in [-0.2, -0.15) is 0 Å². The predicted molar refractivity (Wildman–Crippen MR) is 107 cm³/mol. The van der Waals surface area contributed by atoms with E-state index >= 15 is 0 Å². The molecule has 0 aliphatic carbocycles. The molecule has 6 nitrogen and oxygen atoms in total. The molecule has 29 heavy (non-hydrogen) atoms. The van der Waals surface area contributed by atoms with Gasteiger partial charge < -0.3 is 10.2 Å². The first-order valence-corrected chi connectivity index (χ1v) is 11.4. The monoisotopic (exact) mass is 457 g/mol. The van der Waals surface area contributed by atoms with Crippen LogP contribution in [-0.4, -0.2) is 55.6 Å². The van der Waals surface area contributed by atoms with Gasteiger partial charge in [0.2, 0.25) is 5.91 Å². The Bertz CT molecular complexity index is 1080. The van der Waals surface area contributed by atoms with Gasteiger partial charge in [-0.05, 0) is 24.6 Å². The highest BCUT2D eigenvalue weighted by Crippen LogP contribution is 2.35. The maximum Gasteiger partial charge on any atom is 0.237 e. The molecule has 154 valence electrons. The minimum Gasteiger partial charge on any atom is -0.340 e. The number of halogens is 3. The summed E-state index contributed by atoms with van der Waals surface area (Å²) < 4.78 is 40.5. The molecule has 0 bridgehead atoms. The number of nitrogens with zero attached hydrogens (tertiary/aromatic N) is 2. The normalized spacial score (nSPS) is 21.1. The van der Waals surface area contributed by atoms with Crippen molar-refractivity contribution in [3.05, 3.63) is 58.1 Å². The molecule has 0 radical (unpaired) electrons. The number of benzene rings is 1. The number of rotatable bonds is 4. The fourth-order valence-electron chi connectivity index (χ4n) is 3.89. The number of carbonyl (C=O) groups excluding carboxylic acids is 1. The van der Waals surface area contributed by atoms with E-state index in [0.717, 1.165) is 6.07 Å². The van der Waals surface area contributed by atoms with Gasteiger partial charge in [-0.15, -0.1) is 0 Å². The number of hydrogen-bond acceptors (Lipinski definition) is 5. The highest BCUT2D eigenvalue weighted by atomic mass is 35.5. The van der Waals surface area contributed by atoms with Gasteiger partial charge in [-0.25, -0.2) is 12.8 Å². The molecule has 10 heteroatoms. The Morgan fingerprint density at radius 3 is 2.62 bits per heavy atom. The summed E-state index contributed by atoms with van der Waals surface area (Å²) in [6.07, 6.45) is 1.60. The van der Waals surface area contributed by atoms with E-state index in [1.165, 1.54) is 23.2 Å². The molecule has 0 saturated carbocycles. The molecule has 1 unspecified atom stereocenters. The Balaban J connectivity index is 1.59. The minimum absolute atomic E-state index is 0.0306. The lowest BCUT2D eigenvalue weighted by molar-refractivity contribution is -0.138. The van der Waals surface area contributed by atoms with Crippen LogP contribution in [0.25, 0.3) is 0 Å². The van der Waals surface area contributed by atoms with Crippen molar-refractivity contribution in [3.63, 3.8) is 0 Å². The lowest BCUT2D eigenvalue weighted by atomic mass is 9.76. The molecular weight excluding hydrogens is 440 g/mol. The van der Waals surface area contributed by atoms with E-state index in [1.54, 1.807) is 12.1 Å². The van der Waals surface area contributed by atoms with Crippen LogP contribution in [-0.2, 0) is 20.0 Å². The molecule has 2 fully saturated rings. The average Bonchev–Trinajstić information content (AvgIpc) is 3.13. The zero-order valence-electron chi connectivity index (χ0n) is 15.2. The molecule has 2 aliphatic heterocycles. The first-order valence-electron chi connectivity index (χ1n) is 9.06. The largest absolute Gasteiger partial charge is 0.340 e. The van der Waals surface area contributed by atoms with E-state index in [9.17, 15) is 17.6 Å². The molecule has 1 aromatic heterocycles. The van der Waals surface area contributed by atoms with E-state index in [2.05, 4.69) is 10.3 Å². The maximum atomic E-state index is 14.5. The molecule has 0 spiro atoms. The van der Waals surface area contributed by atoms with Gasteiger partial charge in [-0.1, -0.05) is 35.3 Å². The second-order valence-electron chi connectivity index (χ2n) is 7.31. The summed E-state index contributed by atoms with van der Waals surface area (Å²) in [5.74, 6) is -0.978. The molecule has 1 atom stereocenters. The van der Waals surface area contributed by atoms with Crippen LogP contribution in [0.1, 0.15) is 12.1 Å². The molecule has 2 aliphatic rings. The third-order valence-electron chi connectivity index (χ3n) is 5.54. The average molecular weight is 458 g/mol. The second kappa shape index (κ2) is 7.50. The van der Waals surface area contributed by atoms with E-state index in [0.29, 0.717) is 6.42 Å². The topological polar surface area (TPSA) is 79.4 Å². The van der Waals surface area contributed by atoms with Crippen molar-refractivity contribution < 1.29 is 17.6 Å².